The second-order valence-electron chi connectivity index (χ2n) is 15.6. The van der Waals surface area contributed by atoms with Gasteiger partial charge in [-0.15, -0.1) is 0 Å². The molecule has 52 heavy (non-hydrogen) atoms. The molecule has 0 aliphatic carbocycles. The van der Waals surface area contributed by atoms with E-state index < -0.39 is 0 Å². The highest BCUT2D eigenvalue weighted by Gasteiger charge is 2.20. The number of hydrogen-bond acceptors (Lipinski definition) is 2. The van der Waals surface area contributed by atoms with Crippen molar-refractivity contribution in [3.8, 4) is 22.3 Å². The zero-order chi connectivity index (χ0) is 36.3. The normalized spacial score (nSPS) is 11.7. The summed E-state index contributed by atoms with van der Waals surface area (Å²) in [5.74, 6) is 0. The van der Waals surface area contributed by atoms with Crippen molar-refractivity contribution in [2.45, 2.75) is 52.4 Å². The molecule has 0 fully saturated rings. The van der Waals surface area contributed by atoms with E-state index in [9.17, 15) is 0 Å². The standard InChI is InChI=1S/C50H48N2/c1-49(2,3)41-24-32-45(33-25-41)51(43-28-20-39(21-29-43)37-14-9-7-10-15-37)47-18-13-19-48(36-47)52(46-34-26-42(27-35-46)50(4,5)6)44-30-22-40(23-31-44)38-16-11-8-12-17-38/h7-36H,1-6H3. The van der Waals surface area contributed by atoms with E-state index in [1.807, 2.05) is 0 Å². The van der Waals surface area contributed by atoms with Crippen LogP contribution in [0.2, 0.25) is 0 Å². The zero-order valence-electron chi connectivity index (χ0n) is 31.2. The topological polar surface area (TPSA) is 6.48 Å². The van der Waals surface area contributed by atoms with Crippen molar-refractivity contribution in [3.05, 3.63) is 193 Å². The van der Waals surface area contributed by atoms with Crippen LogP contribution in [0.4, 0.5) is 34.1 Å². The number of nitrogens with zero attached hydrogens (tertiary/aromatic N) is 2. The quantitative estimate of drug-likeness (QED) is 0.158. The minimum atomic E-state index is 0.0692. The molecule has 0 amide bonds. The van der Waals surface area contributed by atoms with Crippen molar-refractivity contribution in [3.63, 3.8) is 0 Å². The van der Waals surface area contributed by atoms with Gasteiger partial charge in [-0.3, -0.25) is 0 Å². The summed E-state index contributed by atoms with van der Waals surface area (Å²) in [4.78, 5) is 4.73. The van der Waals surface area contributed by atoms with Gasteiger partial charge >= 0.3 is 0 Å². The average molecular weight is 677 g/mol. The maximum atomic E-state index is 2.37. The Labute approximate surface area is 310 Å². The maximum absolute atomic E-state index is 2.37. The summed E-state index contributed by atoms with van der Waals surface area (Å²) in [6, 6.07) is 66.0. The molecule has 0 spiro atoms. The average Bonchev–Trinajstić information content (AvgIpc) is 3.16. The molecule has 7 rings (SSSR count). The fraction of sp³-hybridized carbons (Fsp3) is 0.160. The van der Waals surface area contributed by atoms with E-state index in [1.165, 1.54) is 33.4 Å². The first-order valence-electron chi connectivity index (χ1n) is 18.3. The van der Waals surface area contributed by atoms with Gasteiger partial charge in [-0.1, -0.05) is 157 Å². The molecular formula is C50H48N2. The van der Waals surface area contributed by atoms with Gasteiger partial charge in [0.15, 0.2) is 0 Å². The van der Waals surface area contributed by atoms with Crippen LogP contribution < -0.4 is 9.80 Å². The molecule has 0 N–H and O–H groups in total. The highest BCUT2D eigenvalue weighted by molar-refractivity contribution is 5.84. The molecule has 258 valence electrons. The zero-order valence-corrected chi connectivity index (χ0v) is 31.2. The summed E-state index contributed by atoms with van der Waals surface area (Å²) in [7, 11) is 0. The molecule has 0 heterocycles. The van der Waals surface area contributed by atoms with Crippen LogP contribution in [0.25, 0.3) is 22.3 Å². The van der Waals surface area contributed by atoms with Crippen LogP contribution in [0, 0.1) is 0 Å². The highest BCUT2D eigenvalue weighted by atomic mass is 15.2. The Morgan fingerprint density at radius 3 is 0.865 bits per heavy atom. The molecule has 0 unspecified atom stereocenters. The van der Waals surface area contributed by atoms with Crippen LogP contribution in [-0.4, -0.2) is 0 Å². The third-order valence-corrected chi connectivity index (χ3v) is 9.79. The van der Waals surface area contributed by atoms with Gasteiger partial charge in [-0.2, -0.15) is 0 Å². The SMILES string of the molecule is CC(C)(C)c1ccc(N(c2ccc(-c3ccccc3)cc2)c2cccc(N(c3ccc(-c4ccccc4)cc3)c3ccc(C(C)(C)C)cc3)c2)cc1. The van der Waals surface area contributed by atoms with E-state index in [-0.39, 0.29) is 10.8 Å². The molecule has 0 saturated heterocycles. The van der Waals surface area contributed by atoms with Crippen molar-refractivity contribution < 1.29 is 0 Å². The van der Waals surface area contributed by atoms with E-state index >= 15 is 0 Å². The molecular weight excluding hydrogens is 629 g/mol. The minimum absolute atomic E-state index is 0.0692. The molecule has 0 radical (unpaired) electrons. The molecule has 0 aromatic heterocycles. The summed E-state index contributed by atoms with van der Waals surface area (Å²) >= 11 is 0. The first-order chi connectivity index (χ1) is 25.0. The van der Waals surface area contributed by atoms with Crippen molar-refractivity contribution in [2.75, 3.05) is 9.80 Å². The lowest BCUT2D eigenvalue weighted by molar-refractivity contribution is 0.590. The van der Waals surface area contributed by atoms with Crippen LogP contribution in [-0.2, 0) is 10.8 Å². The first kappa shape index (κ1) is 34.6. The van der Waals surface area contributed by atoms with E-state index in [4.69, 9.17) is 0 Å². The summed E-state index contributed by atoms with van der Waals surface area (Å²) < 4.78 is 0. The number of anilines is 6. The van der Waals surface area contributed by atoms with Gasteiger partial charge in [-0.25, -0.2) is 0 Å². The minimum Gasteiger partial charge on any atom is -0.310 e. The van der Waals surface area contributed by atoms with Crippen molar-refractivity contribution >= 4 is 34.1 Å². The van der Waals surface area contributed by atoms with Crippen LogP contribution in [0.5, 0.6) is 0 Å². The van der Waals surface area contributed by atoms with E-state index in [0.29, 0.717) is 0 Å². The summed E-state index contributed by atoms with van der Waals surface area (Å²) in [5, 5.41) is 0. The fourth-order valence-electron chi connectivity index (χ4n) is 6.75. The molecule has 7 aromatic rings. The third-order valence-electron chi connectivity index (χ3n) is 9.79. The Morgan fingerprint density at radius 2 is 0.558 bits per heavy atom. The summed E-state index contributed by atoms with van der Waals surface area (Å²) in [6.45, 7) is 13.6. The Kier molecular flexibility index (Phi) is 9.58. The number of hydrogen-bond donors (Lipinski definition) is 0. The first-order valence-corrected chi connectivity index (χ1v) is 18.3. The van der Waals surface area contributed by atoms with Gasteiger partial charge in [-0.05, 0) is 111 Å². The Morgan fingerprint density at radius 1 is 0.269 bits per heavy atom. The van der Waals surface area contributed by atoms with Crippen molar-refractivity contribution in [1.29, 1.82) is 0 Å². The van der Waals surface area contributed by atoms with Crippen molar-refractivity contribution in [2.24, 2.45) is 0 Å². The summed E-state index contributed by atoms with van der Waals surface area (Å²) in [5.41, 5.74) is 14.2. The molecule has 0 saturated carbocycles. The van der Waals surface area contributed by atoms with Crippen LogP contribution >= 0.6 is 0 Å². The molecule has 2 nitrogen and oxygen atoms in total. The second-order valence-corrected chi connectivity index (χ2v) is 15.6. The molecule has 7 aromatic carbocycles. The van der Waals surface area contributed by atoms with Crippen LogP contribution in [0.3, 0.4) is 0 Å². The highest BCUT2D eigenvalue weighted by Crippen LogP contribution is 2.42. The van der Waals surface area contributed by atoms with Gasteiger partial charge in [0.05, 0.1) is 0 Å². The Balaban J connectivity index is 1.34. The lowest BCUT2D eigenvalue weighted by Gasteiger charge is -2.30. The Hall–Kier alpha value is -5.86. The molecule has 0 bridgehead atoms. The smallest absolute Gasteiger partial charge is 0.0482 e. The lowest BCUT2D eigenvalue weighted by Crippen LogP contribution is -2.15. The van der Waals surface area contributed by atoms with E-state index in [0.717, 1.165) is 34.1 Å². The van der Waals surface area contributed by atoms with E-state index in [2.05, 4.69) is 233 Å². The van der Waals surface area contributed by atoms with Crippen molar-refractivity contribution in [1.82, 2.24) is 0 Å². The number of rotatable bonds is 8. The predicted octanol–water partition coefficient (Wildman–Crippen LogP) is 14.6. The fourth-order valence-corrected chi connectivity index (χ4v) is 6.75. The van der Waals surface area contributed by atoms with Gasteiger partial charge in [0.1, 0.15) is 0 Å². The monoisotopic (exact) mass is 676 g/mol. The third kappa shape index (κ3) is 7.57. The summed E-state index contributed by atoms with van der Waals surface area (Å²) in [6.07, 6.45) is 0. The van der Waals surface area contributed by atoms with Gasteiger partial charge in [0.25, 0.3) is 0 Å². The predicted molar refractivity (Wildman–Crippen MR) is 224 cm³/mol. The van der Waals surface area contributed by atoms with Crippen LogP contribution in [0.15, 0.2) is 182 Å². The molecule has 0 aliphatic heterocycles. The molecule has 2 heteroatoms. The van der Waals surface area contributed by atoms with E-state index in [1.54, 1.807) is 0 Å². The lowest BCUT2D eigenvalue weighted by atomic mass is 9.87. The van der Waals surface area contributed by atoms with Gasteiger partial charge in [0, 0.05) is 34.1 Å². The van der Waals surface area contributed by atoms with Crippen LogP contribution in [0.1, 0.15) is 52.7 Å². The Bertz CT molecular complexity index is 2040. The van der Waals surface area contributed by atoms with Gasteiger partial charge in [0.2, 0.25) is 0 Å². The number of benzene rings is 7. The molecule has 0 atom stereocenters. The molecule has 0 aliphatic rings. The largest absolute Gasteiger partial charge is 0.310 e. The second kappa shape index (κ2) is 14.4. The van der Waals surface area contributed by atoms with Gasteiger partial charge < -0.3 is 9.80 Å². The maximum Gasteiger partial charge on any atom is 0.0482 e.